The molecule has 0 unspecified atom stereocenters. The van der Waals surface area contributed by atoms with Gasteiger partial charge in [0.25, 0.3) is 0 Å². The number of carbonyl (C=O) groups is 4. The average Bonchev–Trinajstić information content (AvgIpc) is 3.43. The Morgan fingerprint density at radius 3 is 2.11 bits per heavy atom. The zero-order valence-corrected chi connectivity index (χ0v) is 42.8. The van der Waals surface area contributed by atoms with Crippen molar-refractivity contribution in [3.63, 3.8) is 0 Å². The van der Waals surface area contributed by atoms with E-state index < -0.39 is 17.9 Å². The largest absolute Gasteiger partial charge is 0.493 e. The quantitative estimate of drug-likeness (QED) is 0.00997. The molecule has 18 heteroatoms. The Hall–Kier alpha value is -7.46. The van der Waals surface area contributed by atoms with Crippen LogP contribution in [0, 0.1) is 0 Å². The number of nitrogens with zero attached hydrogens (tertiary/aromatic N) is 7. The fourth-order valence-electron chi connectivity index (χ4n) is 11.3. The molecular weight excluding hydrogens is 947 g/mol. The van der Waals surface area contributed by atoms with Gasteiger partial charge in [-0.1, -0.05) is 30.1 Å². The average molecular weight is 1010 g/mol. The van der Waals surface area contributed by atoms with Gasteiger partial charge in [-0.2, -0.15) is 0 Å². The molecule has 5 aliphatic rings. The normalized spacial score (nSPS) is 14.7. The molecule has 0 N–H and O–H groups in total. The van der Waals surface area contributed by atoms with Crippen molar-refractivity contribution in [2.45, 2.75) is 77.0 Å². The standard InChI is InChI=1S/C56H66N7O11/c1-68-49(65)34-62(25-26-64)45-32-41(52-42-30-37-14-10-21-60-23-12-16-39(53(37)60)55(42)74-56-40-17-13-24-61-22-11-15-38(54(40)61)31-43(52)56)47(71-27-9-5-4-8-20-58-59-57)33-48(45)73-29-28-72-46-19-7-6-18-44(46)63(35-50(66)69-2)36-51(67)70-3/h6-7,18-19,26,30-33H,4-5,8-17,20-25,27-29,34-36H2,1-3H3/q+1. The molecule has 0 bridgehead atoms. The van der Waals surface area contributed by atoms with Gasteiger partial charge >= 0.3 is 17.9 Å². The van der Waals surface area contributed by atoms with Crippen LogP contribution in [0.15, 0.2) is 53.6 Å². The highest BCUT2D eigenvalue weighted by molar-refractivity contribution is 5.93. The summed E-state index contributed by atoms with van der Waals surface area (Å²) in [5, 5.41) is 6.00. The van der Waals surface area contributed by atoms with Crippen LogP contribution in [0.5, 0.6) is 28.7 Å². The molecule has 390 valence electrons. The van der Waals surface area contributed by atoms with Crippen LogP contribution in [-0.2, 0) is 59.1 Å². The summed E-state index contributed by atoms with van der Waals surface area (Å²) < 4.78 is 44.9. The van der Waals surface area contributed by atoms with Crippen molar-refractivity contribution in [1.29, 1.82) is 0 Å². The van der Waals surface area contributed by atoms with Gasteiger partial charge in [0.1, 0.15) is 81.0 Å². The van der Waals surface area contributed by atoms with Gasteiger partial charge in [0, 0.05) is 82.2 Å². The number of ether oxygens (including phenoxy) is 7. The molecule has 0 spiro atoms. The monoisotopic (exact) mass is 1010 g/mol. The number of para-hydroxylation sites is 2. The van der Waals surface area contributed by atoms with Crippen LogP contribution < -0.4 is 48.8 Å². The molecule has 0 aliphatic carbocycles. The lowest BCUT2D eigenvalue weighted by molar-refractivity contribution is -0.141. The van der Waals surface area contributed by atoms with Gasteiger partial charge in [-0.15, -0.1) is 0 Å². The van der Waals surface area contributed by atoms with E-state index in [1.54, 1.807) is 29.2 Å². The number of benzene rings is 4. The fraction of sp³-hybridized carbons (Fsp3) is 0.482. The summed E-state index contributed by atoms with van der Waals surface area (Å²) in [4.78, 5) is 59.4. The molecule has 4 aromatic rings. The maximum absolute atomic E-state index is 13.2. The summed E-state index contributed by atoms with van der Waals surface area (Å²) in [7, 11) is 3.87. The van der Waals surface area contributed by atoms with Crippen molar-refractivity contribution in [3.05, 3.63) is 103 Å². The van der Waals surface area contributed by atoms with E-state index in [0.29, 0.717) is 41.8 Å². The molecule has 5 aliphatic heterocycles. The Kier molecular flexibility index (Phi) is 16.7. The zero-order valence-electron chi connectivity index (χ0n) is 42.8. The first-order chi connectivity index (χ1) is 36.2. The third kappa shape index (κ3) is 11.1. The Balaban J connectivity index is 1.19. The second-order valence-corrected chi connectivity index (χ2v) is 19.2. The van der Waals surface area contributed by atoms with Gasteiger partial charge in [-0.3, -0.25) is 14.4 Å². The second kappa shape index (κ2) is 24.1. The van der Waals surface area contributed by atoms with E-state index >= 15 is 0 Å². The number of fused-ring (bicyclic) bond motifs is 4. The van der Waals surface area contributed by atoms with Crippen molar-refractivity contribution >= 4 is 46.8 Å². The minimum absolute atomic E-state index is 0.000525. The number of aryl methyl sites for hydroxylation is 2. The number of rotatable bonds is 24. The molecule has 0 saturated carbocycles. The maximum atomic E-state index is 13.2. The van der Waals surface area contributed by atoms with E-state index in [9.17, 15) is 19.2 Å². The maximum Gasteiger partial charge on any atom is 0.325 e. The summed E-state index contributed by atoms with van der Waals surface area (Å²) in [6.45, 7) is 4.05. The third-order valence-corrected chi connectivity index (χ3v) is 14.6. The molecule has 0 radical (unpaired) electrons. The van der Waals surface area contributed by atoms with Crippen molar-refractivity contribution < 1.29 is 52.3 Å². The predicted octanol–water partition coefficient (Wildman–Crippen LogP) is 6.16. The van der Waals surface area contributed by atoms with E-state index in [4.69, 9.17) is 38.7 Å². The van der Waals surface area contributed by atoms with Crippen molar-refractivity contribution in [1.82, 2.24) is 4.58 Å². The lowest BCUT2D eigenvalue weighted by Crippen LogP contribution is -2.45. The SMILES string of the molecule is COC(=O)CN(CC=O)c1cc(C2=c3cc4c5c(c3Oc3c2cc2c6c3CCCN6CCC2)CCC[N+]=5CCC4)c(OCCCCCCN=[N+]=[N-])cc1OCCOc1ccccc1N(CC(=O)OC)CC(=O)OC. The van der Waals surface area contributed by atoms with E-state index in [2.05, 4.69) is 31.6 Å². The molecule has 9 rings (SSSR count). The highest BCUT2D eigenvalue weighted by Gasteiger charge is 2.37. The number of aldehydes is 1. The minimum atomic E-state index is -0.551. The number of hydrogen-bond acceptors (Lipinski definition) is 15. The lowest BCUT2D eigenvalue weighted by atomic mass is 9.82. The zero-order chi connectivity index (χ0) is 51.6. The Labute approximate surface area is 431 Å². The van der Waals surface area contributed by atoms with Crippen molar-refractivity contribution in [2.24, 2.45) is 5.11 Å². The van der Waals surface area contributed by atoms with Crippen LogP contribution in [-0.4, -0.2) is 124 Å². The molecule has 0 amide bonds. The Bertz CT molecular complexity index is 2950. The van der Waals surface area contributed by atoms with Gasteiger partial charge in [0.15, 0.2) is 0 Å². The number of anilines is 3. The highest BCUT2D eigenvalue weighted by atomic mass is 16.5. The molecule has 74 heavy (non-hydrogen) atoms. The number of azide groups is 1. The molecule has 4 aromatic carbocycles. The summed E-state index contributed by atoms with van der Waals surface area (Å²) in [5.74, 6) is 1.41. The number of unbranched alkanes of at least 4 members (excludes halogenated alkanes) is 3. The van der Waals surface area contributed by atoms with Crippen LogP contribution in [0.2, 0.25) is 0 Å². The topological polar surface area (TPSA) is 194 Å². The molecule has 0 atom stereocenters. The first kappa shape index (κ1) is 51.4. The van der Waals surface area contributed by atoms with E-state index in [1.807, 2.05) is 12.1 Å². The van der Waals surface area contributed by atoms with Gasteiger partial charge in [0.2, 0.25) is 5.36 Å². The number of esters is 3. The Morgan fingerprint density at radius 2 is 1.36 bits per heavy atom. The van der Waals surface area contributed by atoms with E-state index in [1.165, 1.54) is 59.5 Å². The number of hydrogen-bond donors (Lipinski definition) is 0. The van der Waals surface area contributed by atoms with Gasteiger partial charge in [-0.25, -0.2) is 4.58 Å². The van der Waals surface area contributed by atoms with Gasteiger partial charge < -0.3 is 52.7 Å². The number of methoxy groups -OCH3 is 3. The first-order valence-electron chi connectivity index (χ1n) is 26.0. The Morgan fingerprint density at radius 1 is 0.703 bits per heavy atom. The van der Waals surface area contributed by atoms with E-state index in [-0.39, 0.29) is 39.4 Å². The summed E-state index contributed by atoms with van der Waals surface area (Å²) in [5.41, 5.74) is 18.9. The van der Waals surface area contributed by atoms with Gasteiger partial charge in [-0.05, 0) is 92.8 Å². The van der Waals surface area contributed by atoms with Crippen LogP contribution in [0.4, 0.5) is 17.1 Å². The molecule has 18 nitrogen and oxygen atoms in total. The molecule has 0 saturated heterocycles. The summed E-state index contributed by atoms with van der Waals surface area (Å²) in [6.07, 6.45) is 11.8. The van der Waals surface area contributed by atoms with Crippen molar-refractivity contribution in [3.8, 4) is 28.7 Å². The number of carbonyl (C=O) groups excluding carboxylic acids is 4. The minimum Gasteiger partial charge on any atom is -0.493 e. The lowest BCUT2D eigenvalue weighted by Gasteiger charge is -2.39. The van der Waals surface area contributed by atoms with E-state index in [0.717, 1.165) is 143 Å². The van der Waals surface area contributed by atoms with Gasteiger partial charge in [0.05, 0.1) is 51.4 Å². The smallest absolute Gasteiger partial charge is 0.325 e. The fourth-order valence-corrected chi connectivity index (χ4v) is 11.3. The van der Waals surface area contributed by atoms with Crippen LogP contribution in [0.1, 0.15) is 84.7 Å². The van der Waals surface area contributed by atoms with Crippen LogP contribution in [0.3, 0.4) is 0 Å². The van der Waals surface area contributed by atoms with Crippen LogP contribution >= 0.6 is 0 Å². The van der Waals surface area contributed by atoms with Crippen LogP contribution in [0.25, 0.3) is 16.0 Å². The second-order valence-electron chi connectivity index (χ2n) is 19.2. The third-order valence-electron chi connectivity index (χ3n) is 14.6. The first-order valence-corrected chi connectivity index (χ1v) is 26.0. The molecule has 0 fully saturated rings. The summed E-state index contributed by atoms with van der Waals surface area (Å²) in [6, 6.07) is 15.5. The van der Waals surface area contributed by atoms with Crippen molar-refractivity contribution in [2.75, 3.05) is 115 Å². The molecule has 5 heterocycles. The highest BCUT2D eigenvalue weighted by Crippen LogP contribution is 2.51. The summed E-state index contributed by atoms with van der Waals surface area (Å²) >= 11 is 0. The predicted molar refractivity (Wildman–Crippen MR) is 279 cm³/mol. The molecular formula is C56H66N7O11+. The molecule has 0 aromatic heterocycles.